The van der Waals surface area contributed by atoms with Crippen molar-refractivity contribution >= 4 is 86.2 Å². The molecule has 0 unspecified atom stereocenters. The van der Waals surface area contributed by atoms with Crippen LogP contribution in [0.1, 0.15) is 65.7 Å². The standard InChI is InChI=1S/C54H67ClN10O12S2/c1-29(66)35-14-6-32(7-15-35)25-42-50(73)59-40(5-3-4-22-56)49(72)65-46(30(2)67)54(77)64-45(52(75)60-41(47(58)70)24-33-10-18-37(68)19-11-33)28-79-78-27-44(63-48(71)39(57)23-31-8-16-36(55)17-9-31)53(76)62-43(51(74)61-42)26-34-12-20-38(69)21-13-34/h6-21,30,39-46,67-69H,3-5,22-28,56-57H2,1-2H3,(H2,58,70)(H,59,73)(H,60,75)(H,61,74)(H,62,76)(H,63,71)(H,64,77)(H,65,72)/t30-,39+,40+,41-,42-,43+,44-,45+,46+/m1/s1. The molecule has 1 fully saturated rings. The van der Waals surface area contributed by atoms with E-state index in [2.05, 4.69) is 37.2 Å². The number of aromatic hydroxyl groups is 2. The van der Waals surface area contributed by atoms with Crippen molar-refractivity contribution in [3.8, 4) is 11.5 Å². The van der Waals surface area contributed by atoms with Gasteiger partial charge in [-0.05, 0) is 105 Å². The Bertz CT molecular complexity index is 2760. The number of nitrogens with one attached hydrogen (secondary N) is 7. The number of hydrogen-bond acceptors (Lipinski definition) is 16. The molecule has 1 heterocycles. The third-order valence-corrected chi connectivity index (χ3v) is 15.3. The van der Waals surface area contributed by atoms with Gasteiger partial charge in [0, 0.05) is 41.4 Å². The Hall–Kier alpha value is -7.22. The maximum absolute atomic E-state index is 14.7. The molecule has 9 atom stereocenters. The fraction of sp³-hybridized carbons (Fsp3) is 0.389. The number of halogens is 1. The van der Waals surface area contributed by atoms with E-state index < -0.39 is 102 Å². The van der Waals surface area contributed by atoms with Crippen LogP contribution in [0.5, 0.6) is 11.5 Å². The van der Waals surface area contributed by atoms with Crippen LogP contribution in [-0.4, -0.2) is 141 Å². The Balaban J connectivity index is 1.57. The lowest BCUT2D eigenvalue weighted by Gasteiger charge is -2.29. The fourth-order valence-electron chi connectivity index (χ4n) is 8.10. The number of rotatable bonds is 19. The van der Waals surface area contributed by atoms with E-state index in [4.69, 9.17) is 28.8 Å². The third-order valence-electron chi connectivity index (χ3n) is 12.6. The van der Waals surface area contributed by atoms with Gasteiger partial charge in [0.2, 0.25) is 47.3 Å². The average Bonchev–Trinajstić information content (AvgIpc) is 3.41. The van der Waals surface area contributed by atoms with E-state index in [1.165, 1.54) is 74.5 Å². The molecule has 424 valence electrons. The first-order valence-corrected chi connectivity index (χ1v) is 28.2. The van der Waals surface area contributed by atoms with Crippen molar-refractivity contribution in [2.75, 3.05) is 18.1 Å². The van der Waals surface area contributed by atoms with Crippen molar-refractivity contribution in [3.63, 3.8) is 0 Å². The van der Waals surface area contributed by atoms with Crippen LogP contribution in [0.25, 0.3) is 0 Å². The van der Waals surface area contributed by atoms with Gasteiger partial charge in [-0.2, -0.15) is 0 Å². The highest BCUT2D eigenvalue weighted by Crippen LogP contribution is 2.24. The number of benzene rings is 4. The molecule has 1 aliphatic rings. The molecule has 8 amide bonds. The van der Waals surface area contributed by atoms with Crippen molar-refractivity contribution < 1.29 is 58.5 Å². The number of Topliss-reactive ketones (excluding diaryl/α,β-unsaturated/α-hetero) is 1. The van der Waals surface area contributed by atoms with E-state index in [0.29, 0.717) is 39.3 Å². The summed E-state index contributed by atoms with van der Waals surface area (Å²) >= 11 is 6.07. The number of hydrogen-bond donors (Lipinski definition) is 13. The Kier molecular flexibility index (Phi) is 24.4. The molecule has 0 radical (unpaired) electrons. The summed E-state index contributed by atoms with van der Waals surface area (Å²) in [6.45, 7) is 2.81. The van der Waals surface area contributed by atoms with E-state index in [9.17, 15) is 58.5 Å². The summed E-state index contributed by atoms with van der Waals surface area (Å²) < 4.78 is 0. The number of phenols is 2. The molecule has 0 aromatic heterocycles. The molecular weight excluding hydrogens is 1080 g/mol. The quantitative estimate of drug-likeness (QED) is 0.0342. The molecule has 0 saturated carbocycles. The number of ketones is 1. The lowest BCUT2D eigenvalue weighted by molar-refractivity contribution is -0.136. The highest BCUT2D eigenvalue weighted by molar-refractivity contribution is 8.76. The van der Waals surface area contributed by atoms with Crippen LogP contribution in [0, 0.1) is 0 Å². The summed E-state index contributed by atoms with van der Waals surface area (Å²) in [6.07, 6.45) is -1.46. The summed E-state index contributed by atoms with van der Waals surface area (Å²) in [5, 5.41) is 49.8. The number of amides is 8. The molecule has 0 bridgehead atoms. The number of unbranched alkanes of at least 4 members (excludes halogenated alkanes) is 1. The number of primary amides is 1. The van der Waals surface area contributed by atoms with E-state index >= 15 is 0 Å². The van der Waals surface area contributed by atoms with Crippen molar-refractivity contribution in [1.82, 2.24) is 37.2 Å². The highest BCUT2D eigenvalue weighted by atomic mass is 35.5. The maximum Gasteiger partial charge on any atom is 0.245 e. The first kappa shape index (κ1) is 62.6. The molecule has 4 aromatic rings. The van der Waals surface area contributed by atoms with Gasteiger partial charge in [-0.25, -0.2) is 0 Å². The van der Waals surface area contributed by atoms with Crippen LogP contribution in [0.15, 0.2) is 97.1 Å². The van der Waals surface area contributed by atoms with Crippen LogP contribution in [0.4, 0.5) is 0 Å². The molecule has 0 aliphatic carbocycles. The SMILES string of the molecule is CC(=O)c1ccc(C[C@H]2NC(=O)[C@H](Cc3ccc(O)cc3)NC(=O)[C@H](NC(=O)[C@@H](N)Cc3ccc(Cl)cc3)CSSC[C@@H](C(=O)N[C@H](Cc3ccc(O)cc3)C(N)=O)NC(=O)[C@H]([C@@H](C)O)NC(=O)[C@H](CCCCN)NC2=O)cc1. The van der Waals surface area contributed by atoms with Gasteiger partial charge < -0.3 is 69.7 Å². The third kappa shape index (κ3) is 20.2. The number of phenolic OH excluding ortho intramolecular Hbond substituents is 2. The van der Waals surface area contributed by atoms with Crippen molar-refractivity contribution in [2.24, 2.45) is 17.2 Å². The molecule has 25 heteroatoms. The molecule has 1 aliphatic heterocycles. The largest absolute Gasteiger partial charge is 0.508 e. The number of aliphatic hydroxyl groups is 1. The van der Waals surface area contributed by atoms with Gasteiger partial charge in [-0.3, -0.25) is 43.2 Å². The van der Waals surface area contributed by atoms with Crippen LogP contribution in [0.3, 0.4) is 0 Å². The Morgan fingerprint density at radius 1 is 0.658 bits per heavy atom. The van der Waals surface area contributed by atoms with Crippen LogP contribution in [0.2, 0.25) is 5.02 Å². The van der Waals surface area contributed by atoms with Crippen molar-refractivity contribution in [3.05, 3.63) is 130 Å². The second kappa shape index (κ2) is 30.8. The molecular formula is C54H67ClN10O12S2. The molecule has 16 N–H and O–H groups in total. The molecule has 0 spiro atoms. The van der Waals surface area contributed by atoms with Crippen molar-refractivity contribution in [2.45, 2.75) is 113 Å². The van der Waals surface area contributed by atoms with Gasteiger partial charge >= 0.3 is 0 Å². The zero-order valence-corrected chi connectivity index (χ0v) is 45.8. The normalized spacial score (nSPS) is 21.1. The van der Waals surface area contributed by atoms with E-state index in [0.717, 1.165) is 21.6 Å². The number of carbonyl (C=O) groups is 9. The van der Waals surface area contributed by atoms with Crippen LogP contribution in [-0.2, 0) is 64.0 Å². The zero-order chi connectivity index (χ0) is 57.8. The minimum Gasteiger partial charge on any atom is -0.508 e. The highest BCUT2D eigenvalue weighted by Gasteiger charge is 2.36. The molecule has 79 heavy (non-hydrogen) atoms. The summed E-state index contributed by atoms with van der Waals surface area (Å²) in [5.74, 6) is -8.17. The average molecular weight is 1150 g/mol. The minimum atomic E-state index is -1.75. The monoisotopic (exact) mass is 1150 g/mol. The minimum absolute atomic E-state index is 0.0311. The van der Waals surface area contributed by atoms with E-state index in [1.807, 2.05) is 0 Å². The Labute approximate surface area is 469 Å². The fourth-order valence-corrected chi connectivity index (χ4v) is 10.6. The second-order valence-corrected chi connectivity index (χ2v) is 22.0. The first-order valence-electron chi connectivity index (χ1n) is 25.3. The van der Waals surface area contributed by atoms with Crippen LogP contribution >= 0.6 is 33.2 Å². The molecule has 1 saturated heterocycles. The zero-order valence-electron chi connectivity index (χ0n) is 43.4. The number of carbonyl (C=O) groups excluding carboxylic acids is 9. The number of nitrogens with two attached hydrogens (primary N) is 3. The van der Waals surface area contributed by atoms with Gasteiger partial charge in [-0.15, -0.1) is 0 Å². The first-order chi connectivity index (χ1) is 37.6. The van der Waals surface area contributed by atoms with Gasteiger partial charge in [-0.1, -0.05) is 93.9 Å². The van der Waals surface area contributed by atoms with Crippen LogP contribution < -0.4 is 54.4 Å². The van der Waals surface area contributed by atoms with E-state index in [1.54, 1.807) is 36.4 Å². The molecule has 22 nitrogen and oxygen atoms in total. The summed E-state index contributed by atoms with van der Waals surface area (Å²) in [7, 11) is 1.91. The van der Waals surface area contributed by atoms with Gasteiger partial charge in [0.25, 0.3) is 0 Å². The van der Waals surface area contributed by atoms with Gasteiger partial charge in [0.05, 0.1) is 12.1 Å². The van der Waals surface area contributed by atoms with Crippen molar-refractivity contribution in [1.29, 1.82) is 0 Å². The maximum atomic E-state index is 14.7. The lowest BCUT2D eigenvalue weighted by Crippen LogP contribution is -2.62. The Morgan fingerprint density at radius 3 is 1.70 bits per heavy atom. The Morgan fingerprint density at radius 2 is 1.15 bits per heavy atom. The predicted octanol–water partition coefficient (Wildman–Crippen LogP) is 0.335. The molecule has 5 rings (SSSR count). The summed E-state index contributed by atoms with van der Waals surface area (Å²) in [5.41, 5.74) is 20.4. The molecule has 4 aromatic carbocycles. The predicted molar refractivity (Wildman–Crippen MR) is 299 cm³/mol. The lowest BCUT2D eigenvalue weighted by atomic mass is 10.00. The topological polar surface area (TPSA) is 377 Å². The van der Waals surface area contributed by atoms with Gasteiger partial charge in [0.1, 0.15) is 53.8 Å². The number of aliphatic hydroxyl groups excluding tert-OH is 1. The summed E-state index contributed by atoms with van der Waals surface area (Å²) in [6, 6.07) is 12.8. The van der Waals surface area contributed by atoms with E-state index in [-0.39, 0.29) is 73.9 Å². The second-order valence-electron chi connectivity index (χ2n) is 19.0. The van der Waals surface area contributed by atoms with Gasteiger partial charge in [0.15, 0.2) is 5.78 Å². The summed E-state index contributed by atoms with van der Waals surface area (Å²) in [4.78, 5) is 126. The smallest absolute Gasteiger partial charge is 0.245 e.